The Hall–Kier alpha value is -0.0800. The molecule has 0 rings (SSSR count). The summed E-state index contributed by atoms with van der Waals surface area (Å²) in [6.07, 6.45) is 5.34. The van der Waals surface area contributed by atoms with Gasteiger partial charge in [-0.1, -0.05) is 33.1 Å². The molecule has 0 fully saturated rings. The van der Waals surface area contributed by atoms with Crippen LogP contribution in [0.3, 0.4) is 0 Å². The van der Waals surface area contributed by atoms with Crippen molar-refractivity contribution in [3.05, 3.63) is 0 Å². The van der Waals surface area contributed by atoms with Gasteiger partial charge in [-0.3, -0.25) is 0 Å². The second kappa shape index (κ2) is 11.0. The molecule has 0 amide bonds. The Balaban J connectivity index is 3.24. The van der Waals surface area contributed by atoms with Gasteiger partial charge in [-0.25, -0.2) is 0 Å². The molecule has 0 saturated carbocycles. The maximum Gasteiger partial charge on any atom is 0.0590 e. The molecule has 0 spiro atoms. The molecule has 0 aromatic rings. The fraction of sp³-hybridized carbons (Fsp3) is 1.00. The summed E-state index contributed by atoms with van der Waals surface area (Å²) >= 11 is 0. The zero-order valence-electron chi connectivity index (χ0n) is 10.1. The molecule has 0 aliphatic rings. The summed E-state index contributed by atoms with van der Waals surface area (Å²) in [6, 6.07) is 0. The Labute approximate surface area is 89.4 Å². The van der Waals surface area contributed by atoms with Gasteiger partial charge < -0.3 is 10.1 Å². The first-order valence-corrected chi connectivity index (χ1v) is 6.13. The number of hydrogen-bond acceptors (Lipinski definition) is 2. The van der Waals surface area contributed by atoms with Crippen molar-refractivity contribution in [1.82, 2.24) is 5.32 Å². The maximum atomic E-state index is 5.27. The van der Waals surface area contributed by atoms with Crippen molar-refractivity contribution in [3.8, 4) is 0 Å². The molecule has 1 atom stereocenters. The van der Waals surface area contributed by atoms with Crippen LogP contribution in [0.1, 0.15) is 46.5 Å². The van der Waals surface area contributed by atoms with Crippen LogP contribution in [0.4, 0.5) is 0 Å². The van der Waals surface area contributed by atoms with E-state index >= 15 is 0 Å². The van der Waals surface area contributed by atoms with Crippen LogP contribution >= 0.6 is 0 Å². The monoisotopic (exact) mass is 201 g/mol. The van der Waals surface area contributed by atoms with E-state index in [4.69, 9.17) is 4.74 Å². The highest BCUT2D eigenvalue weighted by atomic mass is 16.5. The average Bonchev–Trinajstić information content (AvgIpc) is 2.22. The lowest BCUT2D eigenvalue weighted by Gasteiger charge is -2.15. The van der Waals surface area contributed by atoms with Crippen LogP contribution in [0.15, 0.2) is 0 Å². The third-order valence-corrected chi connectivity index (χ3v) is 2.60. The van der Waals surface area contributed by atoms with Gasteiger partial charge in [-0.15, -0.1) is 0 Å². The number of unbranched alkanes of at least 4 members (excludes halogenated alkanes) is 1. The van der Waals surface area contributed by atoms with Crippen LogP contribution in [0.2, 0.25) is 0 Å². The average molecular weight is 201 g/mol. The summed E-state index contributed by atoms with van der Waals surface area (Å²) in [5.74, 6) is 0.858. The minimum atomic E-state index is 0.828. The SMILES string of the molecule is CCCCC(CC)CNCCOCC. The summed E-state index contributed by atoms with van der Waals surface area (Å²) in [7, 11) is 0. The van der Waals surface area contributed by atoms with Crippen molar-refractivity contribution in [2.45, 2.75) is 46.5 Å². The maximum absolute atomic E-state index is 5.27. The van der Waals surface area contributed by atoms with Crippen LogP contribution in [-0.4, -0.2) is 26.3 Å². The molecule has 0 aliphatic heterocycles. The summed E-state index contributed by atoms with van der Waals surface area (Å²) in [4.78, 5) is 0. The second-order valence-corrected chi connectivity index (χ2v) is 3.82. The smallest absolute Gasteiger partial charge is 0.0590 e. The molecule has 1 unspecified atom stereocenters. The normalized spacial score (nSPS) is 13.1. The number of hydrogen-bond donors (Lipinski definition) is 1. The standard InChI is InChI=1S/C12H27NO/c1-4-7-8-12(5-2)11-13-9-10-14-6-3/h12-13H,4-11H2,1-3H3. The molecule has 1 N–H and O–H groups in total. The van der Waals surface area contributed by atoms with E-state index in [1.165, 1.54) is 25.7 Å². The number of nitrogens with one attached hydrogen (secondary N) is 1. The lowest BCUT2D eigenvalue weighted by molar-refractivity contribution is 0.148. The van der Waals surface area contributed by atoms with E-state index in [-0.39, 0.29) is 0 Å². The van der Waals surface area contributed by atoms with Crippen LogP contribution in [0.25, 0.3) is 0 Å². The summed E-state index contributed by atoms with van der Waals surface area (Å²) < 4.78 is 5.27. The van der Waals surface area contributed by atoms with E-state index in [1.807, 2.05) is 6.92 Å². The molecule has 0 aromatic heterocycles. The van der Waals surface area contributed by atoms with Crippen molar-refractivity contribution in [2.75, 3.05) is 26.3 Å². The van der Waals surface area contributed by atoms with Crippen LogP contribution in [-0.2, 0) is 4.74 Å². The highest BCUT2D eigenvalue weighted by molar-refractivity contribution is 4.60. The Bertz CT molecular complexity index is 106. The van der Waals surface area contributed by atoms with Crippen LogP contribution in [0.5, 0.6) is 0 Å². The van der Waals surface area contributed by atoms with Crippen molar-refractivity contribution in [2.24, 2.45) is 5.92 Å². The molecule has 2 heteroatoms. The van der Waals surface area contributed by atoms with E-state index in [0.717, 1.165) is 32.2 Å². The molecule has 0 radical (unpaired) electrons. The molecule has 2 nitrogen and oxygen atoms in total. The Morgan fingerprint density at radius 1 is 1.21 bits per heavy atom. The van der Waals surface area contributed by atoms with Crippen LogP contribution in [0, 0.1) is 5.92 Å². The fourth-order valence-electron chi connectivity index (χ4n) is 1.54. The highest BCUT2D eigenvalue weighted by Gasteiger charge is 2.04. The minimum absolute atomic E-state index is 0.828. The first-order valence-electron chi connectivity index (χ1n) is 6.13. The van der Waals surface area contributed by atoms with Gasteiger partial charge in [0.2, 0.25) is 0 Å². The Morgan fingerprint density at radius 3 is 2.57 bits per heavy atom. The summed E-state index contributed by atoms with van der Waals surface area (Å²) in [5.41, 5.74) is 0. The van der Waals surface area contributed by atoms with Crippen molar-refractivity contribution in [1.29, 1.82) is 0 Å². The molecule has 0 saturated heterocycles. The zero-order valence-corrected chi connectivity index (χ0v) is 10.1. The molecule has 0 bridgehead atoms. The summed E-state index contributed by atoms with van der Waals surface area (Å²) in [5, 5.41) is 3.46. The van der Waals surface area contributed by atoms with E-state index < -0.39 is 0 Å². The van der Waals surface area contributed by atoms with E-state index in [0.29, 0.717) is 0 Å². The molecular weight excluding hydrogens is 174 g/mol. The quantitative estimate of drug-likeness (QED) is 0.549. The van der Waals surface area contributed by atoms with Gasteiger partial charge in [-0.2, -0.15) is 0 Å². The molecule has 14 heavy (non-hydrogen) atoms. The van der Waals surface area contributed by atoms with Crippen molar-refractivity contribution < 1.29 is 4.74 Å². The van der Waals surface area contributed by atoms with Gasteiger partial charge in [0.05, 0.1) is 6.61 Å². The number of ether oxygens (including phenoxy) is 1. The lowest BCUT2D eigenvalue weighted by atomic mass is 9.99. The van der Waals surface area contributed by atoms with Gasteiger partial charge in [0.1, 0.15) is 0 Å². The van der Waals surface area contributed by atoms with E-state index in [1.54, 1.807) is 0 Å². The van der Waals surface area contributed by atoms with Gasteiger partial charge >= 0.3 is 0 Å². The van der Waals surface area contributed by atoms with Gasteiger partial charge in [-0.05, 0) is 25.8 Å². The van der Waals surface area contributed by atoms with Gasteiger partial charge in [0.25, 0.3) is 0 Å². The number of rotatable bonds is 10. The van der Waals surface area contributed by atoms with E-state index in [9.17, 15) is 0 Å². The highest BCUT2D eigenvalue weighted by Crippen LogP contribution is 2.10. The molecular formula is C12H27NO. The third kappa shape index (κ3) is 8.52. The largest absolute Gasteiger partial charge is 0.380 e. The summed E-state index contributed by atoms with van der Waals surface area (Å²) in [6.45, 7) is 10.4. The second-order valence-electron chi connectivity index (χ2n) is 3.82. The lowest BCUT2D eigenvalue weighted by Crippen LogP contribution is -2.26. The molecule has 0 aliphatic carbocycles. The predicted molar refractivity (Wildman–Crippen MR) is 62.7 cm³/mol. The first-order chi connectivity index (χ1) is 6.85. The Kier molecular flexibility index (Phi) is 10.9. The molecule has 0 heterocycles. The topological polar surface area (TPSA) is 21.3 Å². The van der Waals surface area contributed by atoms with E-state index in [2.05, 4.69) is 19.2 Å². The minimum Gasteiger partial charge on any atom is -0.380 e. The zero-order chi connectivity index (χ0) is 10.6. The van der Waals surface area contributed by atoms with Gasteiger partial charge in [0.15, 0.2) is 0 Å². The van der Waals surface area contributed by atoms with Crippen LogP contribution < -0.4 is 5.32 Å². The molecule has 0 aromatic carbocycles. The van der Waals surface area contributed by atoms with Gasteiger partial charge in [0, 0.05) is 13.2 Å². The first kappa shape index (κ1) is 13.9. The third-order valence-electron chi connectivity index (χ3n) is 2.60. The fourth-order valence-corrected chi connectivity index (χ4v) is 1.54. The van der Waals surface area contributed by atoms with Crippen molar-refractivity contribution in [3.63, 3.8) is 0 Å². The predicted octanol–water partition coefficient (Wildman–Crippen LogP) is 2.83. The van der Waals surface area contributed by atoms with Crippen molar-refractivity contribution >= 4 is 0 Å². The Morgan fingerprint density at radius 2 is 2.00 bits per heavy atom. The molecule has 86 valence electrons.